The first-order valence-electron chi connectivity index (χ1n) is 5.65. The molecule has 0 aliphatic carbocycles. The second kappa shape index (κ2) is 5.62. The maximum atomic E-state index is 12.6. The quantitative estimate of drug-likeness (QED) is 0.603. The molecule has 108 valence electrons. The van der Waals surface area contributed by atoms with Crippen LogP contribution in [-0.4, -0.2) is 31.3 Å². The van der Waals surface area contributed by atoms with E-state index >= 15 is 0 Å². The van der Waals surface area contributed by atoms with Crippen LogP contribution < -0.4 is 0 Å². The lowest BCUT2D eigenvalue weighted by Crippen LogP contribution is -2.33. The van der Waals surface area contributed by atoms with E-state index < -0.39 is 31.3 Å². The number of para-hydroxylation sites is 1. The van der Waals surface area contributed by atoms with E-state index in [-0.39, 0.29) is 5.56 Å². The normalized spacial score (nSPS) is 12.2. The molecule has 1 heterocycles. The highest BCUT2D eigenvalue weighted by molar-refractivity contribution is 6.07. The number of fused-ring (bicyclic) bond motifs is 1. The van der Waals surface area contributed by atoms with E-state index in [1.165, 1.54) is 6.26 Å². The smallest absolute Gasteiger partial charge is 0.330 e. The molecule has 0 spiro atoms. The summed E-state index contributed by atoms with van der Waals surface area (Å²) in [5.41, 5.74) is 0.634. The van der Waals surface area contributed by atoms with Crippen LogP contribution in [-0.2, 0) is 4.74 Å². The second-order valence-corrected chi connectivity index (χ2v) is 4.12. The maximum Gasteiger partial charge on any atom is 0.330 e. The molecule has 2 rings (SSSR count). The Hall–Kier alpha value is -1.89. The summed E-state index contributed by atoms with van der Waals surface area (Å²) >= 11 is 0. The van der Waals surface area contributed by atoms with Gasteiger partial charge in [-0.25, -0.2) is 8.78 Å². The molecule has 0 aliphatic heterocycles. The van der Waals surface area contributed by atoms with Crippen LogP contribution in [0.15, 0.2) is 34.9 Å². The second-order valence-electron chi connectivity index (χ2n) is 4.12. The first-order valence-corrected chi connectivity index (χ1v) is 5.65. The predicted octanol–water partition coefficient (Wildman–Crippen LogP) is 3.53. The van der Waals surface area contributed by atoms with Crippen molar-refractivity contribution in [3.8, 4) is 0 Å². The van der Waals surface area contributed by atoms with Crippen molar-refractivity contribution in [2.75, 3.05) is 13.2 Å². The van der Waals surface area contributed by atoms with Gasteiger partial charge in [0.05, 0.1) is 5.56 Å². The Morgan fingerprint density at radius 3 is 2.70 bits per heavy atom. The molecular formula is C13H10F4O3. The van der Waals surface area contributed by atoms with Crippen molar-refractivity contribution in [2.45, 2.75) is 12.3 Å². The van der Waals surface area contributed by atoms with Gasteiger partial charge in [0.2, 0.25) is 0 Å². The van der Waals surface area contributed by atoms with Crippen LogP contribution in [0, 0.1) is 0 Å². The lowest BCUT2D eigenvalue weighted by Gasteiger charge is -2.14. The third kappa shape index (κ3) is 2.98. The Morgan fingerprint density at radius 1 is 1.30 bits per heavy atom. The molecule has 1 aromatic heterocycles. The Morgan fingerprint density at radius 2 is 2.00 bits per heavy atom. The minimum absolute atomic E-state index is 0.168. The molecule has 20 heavy (non-hydrogen) atoms. The SMILES string of the molecule is O=C(COCC(F)(F)C(F)F)c1coc2ccccc12. The van der Waals surface area contributed by atoms with E-state index in [1.807, 2.05) is 0 Å². The molecule has 2 aromatic rings. The fraction of sp³-hybridized carbons (Fsp3) is 0.308. The molecule has 0 radical (unpaired) electrons. The van der Waals surface area contributed by atoms with Crippen molar-refractivity contribution >= 4 is 16.8 Å². The number of carbonyl (C=O) groups is 1. The summed E-state index contributed by atoms with van der Waals surface area (Å²) in [6.45, 7) is -2.22. The first kappa shape index (κ1) is 14.5. The lowest BCUT2D eigenvalue weighted by molar-refractivity contribution is -0.163. The van der Waals surface area contributed by atoms with Crippen molar-refractivity contribution in [3.05, 3.63) is 36.1 Å². The average molecular weight is 290 g/mol. The molecule has 0 bridgehead atoms. The highest BCUT2D eigenvalue weighted by atomic mass is 19.3. The van der Waals surface area contributed by atoms with E-state index in [4.69, 9.17) is 4.42 Å². The molecule has 0 atom stereocenters. The fourth-order valence-corrected chi connectivity index (χ4v) is 1.61. The zero-order valence-electron chi connectivity index (χ0n) is 10.1. The zero-order chi connectivity index (χ0) is 14.8. The van der Waals surface area contributed by atoms with Crippen LogP contribution in [0.25, 0.3) is 11.0 Å². The van der Waals surface area contributed by atoms with E-state index in [2.05, 4.69) is 4.74 Å². The minimum Gasteiger partial charge on any atom is -0.464 e. The fourth-order valence-electron chi connectivity index (χ4n) is 1.61. The van der Waals surface area contributed by atoms with Crippen LogP contribution in [0.1, 0.15) is 10.4 Å². The standard InChI is InChI=1S/C13H10F4O3/c14-12(15)13(16,17)7-19-6-10(18)9-5-20-11-4-2-1-3-8(9)11/h1-5,12H,6-7H2. The molecular weight excluding hydrogens is 280 g/mol. The number of halogens is 4. The Kier molecular flexibility index (Phi) is 4.08. The lowest BCUT2D eigenvalue weighted by atomic mass is 10.1. The minimum atomic E-state index is -4.27. The van der Waals surface area contributed by atoms with Gasteiger partial charge in [-0.15, -0.1) is 0 Å². The van der Waals surface area contributed by atoms with Gasteiger partial charge in [-0.1, -0.05) is 18.2 Å². The summed E-state index contributed by atoms with van der Waals surface area (Å²) in [7, 11) is 0. The van der Waals surface area contributed by atoms with Crippen LogP contribution in [0.2, 0.25) is 0 Å². The summed E-state index contributed by atoms with van der Waals surface area (Å²) in [6, 6.07) is 6.65. The number of benzene rings is 1. The number of rotatable bonds is 6. The molecule has 0 amide bonds. The summed E-state index contributed by atoms with van der Waals surface area (Å²) in [5.74, 6) is -4.88. The number of ether oxygens (including phenoxy) is 1. The maximum absolute atomic E-state index is 12.6. The average Bonchev–Trinajstić information content (AvgIpc) is 2.82. The van der Waals surface area contributed by atoms with Crippen LogP contribution in [0.3, 0.4) is 0 Å². The number of hydrogen-bond donors (Lipinski definition) is 0. The van der Waals surface area contributed by atoms with E-state index in [0.29, 0.717) is 11.0 Å². The van der Waals surface area contributed by atoms with E-state index in [9.17, 15) is 22.4 Å². The van der Waals surface area contributed by atoms with Crippen molar-refractivity contribution in [2.24, 2.45) is 0 Å². The largest absolute Gasteiger partial charge is 0.464 e. The van der Waals surface area contributed by atoms with Gasteiger partial charge in [-0.05, 0) is 6.07 Å². The Labute approximate surface area is 111 Å². The molecule has 0 unspecified atom stereocenters. The summed E-state index contributed by atoms with van der Waals surface area (Å²) in [5, 5.41) is 0.515. The zero-order valence-corrected chi connectivity index (χ0v) is 10.1. The van der Waals surface area contributed by atoms with Crippen LogP contribution in [0.4, 0.5) is 17.6 Å². The van der Waals surface area contributed by atoms with Gasteiger partial charge < -0.3 is 9.15 Å². The summed E-state index contributed by atoms with van der Waals surface area (Å²) < 4.78 is 58.4. The van der Waals surface area contributed by atoms with E-state index in [1.54, 1.807) is 24.3 Å². The topological polar surface area (TPSA) is 39.4 Å². The van der Waals surface area contributed by atoms with Gasteiger partial charge in [0, 0.05) is 5.39 Å². The molecule has 0 saturated carbocycles. The van der Waals surface area contributed by atoms with Gasteiger partial charge in [-0.2, -0.15) is 8.78 Å². The van der Waals surface area contributed by atoms with Crippen LogP contribution >= 0.6 is 0 Å². The van der Waals surface area contributed by atoms with Gasteiger partial charge >= 0.3 is 12.3 Å². The molecule has 0 fully saturated rings. The van der Waals surface area contributed by atoms with Crippen LogP contribution in [0.5, 0.6) is 0 Å². The van der Waals surface area contributed by atoms with Gasteiger partial charge in [0.1, 0.15) is 25.1 Å². The first-order chi connectivity index (χ1) is 9.42. The predicted molar refractivity (Wildman–Crippen MR) is 62.3 cm³/mol. The molecule has 0 N–H and O–H groups in total. The molecule has 3 nitrogen and oxygen atoms in total. The van der Waals surface area contributed by atoms with Crippen molar-refractivity contribution < 1.29 is 31.5 Å². The molecule has 7 heteroatoms. The number of alkyl halides is 4. The Bertz CT molecular complexity index is 606. The molecule has 1 aromatic carbocycles. The number of Topliss-reactive ketones (excluding diaryl/α,β-unsaturated/α-hetero) is 1. The third-order valence-corrected chi connectivity index (χ3v) is 2.63. The molecule has 0 saturated heterocycles. The third-order valence-electron chi connectivity index (χ3n) is 2.63. The number of carbonyl (C=O) groups excluding carboxylic acids is 1. The number of furan rings is 1. The van der Waals surface area contributed by atoms with Crippen molar-refractivity contribution in [1.82, 2.24) is 0 Å². The van der Waals surface area contributed by atoms with Crippen molar-refractivity contribution in [3.63, 3.8) is 0 Å². The van der Waals surface area contributed by atoms with E-state index in [0.717, 1.165) is 0 Å². The summed E-state index contributed by atoms with van der Waals surface area (Å²) in [4.78, 5) is 11.8. The Balaban J connectivity index is 1.99. The highest BCUT2D eigenvalue weighted by Gasteiger charge is 2.41. The monoisotopic (exact) mass is 290 g/mol. The summed E-state index contributed by atoms with van der Waals surface area (Å²) in [6.07, 6.45) is -2.64. The highest BCUT2D eigenvalue weighted by Crippen LogP contribution is 2.24. The van der Waals surface area contributed by atoms with Gasteiger partial charge in [0.25, 0.3) is 0 Å². The molecule has 0 aliphatic rings. The van der Waals surface area contributed by atoms with Gasteiger partial charge in [-0.3, -0.25) is 4.79 Å². The van der Waals surface area contributed by atoms with Crippen molar-refractivity contribution in [1.29, 1.82) is 0 Å². The number of hydrogen-bond acceptors (Lipinski definition) is 3. The number of ketones is 1. The van der Waals surface area contributed by atoms with Gasteiger partial charge in [0.15, 0.2) is 5.78 Å².